The number of carbonyl (C=O) groups excluding carboxylic acids is 1. The van der Waals surface area contributed by atoms with E-state index in [1.54, 1.807) is 6.07 Å². The van der Waals surface area contributed by atoms with Crippen LogP contribution in [0.25, 0.3) is 0 Å². The summed E-state index contributed by atoms with van der Waals surface area (Å²) in [5.74, 6) is 0.0364. The van der Waals surface area contributed by atoms with Crippen LogP contribution in [-0.4, -0.2) is 48.1 Å². The lowest BCUT2D eigenvalue weighted by Gasteiger charge is -2.37. The number of anilines is 1. The van der Waals surface area contributed by atoms with Crippen molar-refractivity contribution in [2.45, 2.75) is 56.4 Å². The van der Waals surface area contributed by atoms with E-state index in [-0.39, 0.29) is 22.5 Å². The van der Waals surface area contributed by atoms with Gasteiger partial charge < -0.3 is 15.1 Å². The third kappa shape index (κ3) is 5.17. The van der Waals surface area contributed by atoms with Gasteiger partial charge in [0.2, 0.25) is 0 Å². The van der Waals surface area contributed by atoms with Crippen molar-refractivity contribution in [2.75, 3.05) is 31.5 Å². The molecule has 5 rings (SSSR count). The molecule has 2 amide bonds. The van der Waals surface area contributed by atoms with Crippen LogP contribution >= 0.6 is 11.6 Å². The number of likely N-dealkylation sites (tertiary alicyclic amines) is 1. The summed E-state index contributed by atoms with van der Waals surface area (Å²) in [5, 5.41) is 12.3. The van der Waals surface area contributed by atoms with Crippen LogP contribution in [-0.2, 0) is 5.41 Å². The maximum Gasteiger partial charge on any atom is 0.322 e. The highest BCUT2D eigenvalue weighted by Crippen LogP contribution is 2.62. The maximum atomic E-state index is 13.6. The van der Waals surface area contributed by atoms with E-state index in [9.17, 15) is 14.4 Å². The van der Waals surface area contributed by atoms with Crippen LogP contribution in [0.3, 0.4) is 0 Å². The number of carbonyl (C=O) groups is 1. The van der Waals surface area contributed by atoms with Crippen molar-refractivity contribution in [3.05, 3.63) is 64.4 Å². The van der Waals surface area contributed by atoms with Crippen molar-refractivity contribution in [1.82, 2.24) is 9.80 Å². The fourth-order valence-electron chi connectivity index (χ4n) is 6.24. The molecular weight excluding hydrogens is 463 g/mol. The zero-order chi connectivity index (χ0) is 24.4. The largest absolute Gasteiger partial charge is 0.322 e. The van der Waals surface area contributed by atoms with E-state index in [0.29, 0.717) is 23.7 Å². The average Bonchev–Trinajstić information content (AvgIpc) is 3.38. The Hall–Kier alpha value is -2.62. The number of fused-ring (bicyclic) bond motifs is 1. The lowest BCUT2D eigenvalue weighted by atomic mass is 9.80. The van der Waals surface area contributed by atoms with E-state index in [2.05, 4.69) is 22.4 Å². The highest BCUT2D eigenvalue weighted by atomic mass is 35.5. The van der Waals surface area contributed by atoms with E-state index in [4.69, 9.17) is 11.6 Å². The number of rotatable bonds is 7. The van der Waals surface area contributed by atoms with Gasteiger partial charge in [0.25, 0.3) is 0 Å². The number of nitriles is 1. The number of hydrogen-bond donors (Lipinski definition) is 1. The first-order valence-electron chi connectivity index (χ1n) is 12.7. The minimum atomic E-state index is -0.495. The minimum absolute atomic E-state index is 0.00316. The normalized spacial score (nSPS) is 25.5. The van der Waals surface area contributed by atoms with Crippen molar-refractivity contribution in [3.8, 4) is 6.07 Å². The Labute approximate surface area is 211 Å². The molecule has 1 saturated heterocycles. The fourth-order valence-corrected chi connectivity index (χ4v) is 6.42. The first-order valence-corrected chi connectivity index (χ1v) is 13.1. The summed E-state index contributed by atoms with van der Waals surface area (Å²) in [6, 6.07) is 14.6. The van der Waals surface area contributed by atoms with Crippen LogP contribution in [0.4, 0.5) is 14.9 Å². The Morgan fingerprint density at radius 2 is 2.09 bits per heavy atom. The minimum Gasteiger partial charge on any atom is -0.321 e. The molecule has 7 heteroatoms. The van der Waals surface area contributed by atoms with Crippen LogP contribution in [0.15, 0.2) is 42.5 Å². The van der Waals surface area contributed by atoms with Crippen molar-refractivity contribution in [3.63, 3.8) is 0 Å². The lowest BCUT2D eigenvalue weighted by molar-refractivity contribution is 0.156. The zero-order valence-electron chi connectivity index (χ0n) is 20.0. The summed E-state index contributed by atoms with van der Waals surface area (Å²) in [6.45, 7) is 4.00. The number of benzene rings is 2. The molecule has 0 spiro atoms. The molecule has 2 aromatic rings. The zero-order valence-corrected chi connectivity index (χ0v) is 20.7. The average molecular weight is 495 g/mol. The molecule has 1 N–H and O–H groups in total. The molecule has 3 aliphatic rings. The number of amides is 2. The first-order chi connectivity index (χ1) is 17.0. The van der Waals surface area contributed by atoms with Crippen LogP contribution in [0.2, 0.25) is 5.02 Å². The smallest absolute Gasteiger partial charge is 0.321 e. The second-order valence-corrected chi connectivity index (χ2v) is 10.7. The summed E-state index contributed by atoms with van der Waals surface area (Å²) in [4.78, 5) is 17.9. The standard InChI is InChI=1S/C28H32ClFN4O/c29-25-17-23(7-8-26(25)30)32-27(35)34(14-4-13-33-11-1-2-12-33)24-9-10-28(18-22(28)16-24)21-6-3-5-20(15-21)19-31/h3,5-8,15,17,22,24H,1-2,4,9-14,16,18H2,(H,32,35)/t22?,24-,28-/m1/s1. The summed E-state index contributed by atoms with van der Waals surface area (Å²) in [7, 11) is 0. The van der Waals surface area contributed by atoms with E-state index < -0.39 is 5.82 Å². The molecule has 2 aliphatic carbocycles. The maximum absolute atomic E-state index is 13.6. The van der Waals surface area contributed by atoms with Crippen molar-refractivity contribution < 1.29 is 9.18 Å². The van der Waals surface area contributed by atoms with Gasteiger partial charge in [0.05, 0.1) is 16.7 Å². The second kappa shape index (κ2) is 10.2. The van der Waals surface area contributed by atoms with Gasteiger partial charge in [-0.05, 0) is 112 Å². The summed E-state index contributed by atoms with van der Waals surface area (Å²) in [6.07, 6.45) is 7.51. The molecule has 5 nitrogen and oxygen atoms in total. The van der Waals surface area contributed by atoms with E-state index in [1.807, 2.05) is 23.1 Å². The van der Waals surface area contributed by atoms with Gasteiger partial charge in [-0.15, -0.1) is 0 Å². The van der Waals surface area contributed by atoms with Gasteiger partial charge in [-0.25, -0.2) is 9.18 Å². The quantitative estimate of drug-likeness (QED) is 0.500. The molecule has 0 radical (unpaired) electrons. The number of urea groups is 1. The first kappa shape index (κ1) is 24.1. The molecule has 0 aromatic heterocycles. The molecule has 35 heavy (non-hydrogen) atoms. The van der Waals surface area contributed by atoms with Crippen LogP contribution in [0, 0.1) is 23.1 Å². The Morgan fingerprint density at radius 3 is 2.83 bits per heavy atom. The monoisotopic (exact) mass is 494 g/mol. The third-order valence-electron chi connectivity index (χ3n) is 8.22. The predicted molar refractivity (Wildman–Crippen MR) is 136 cm³/mol. The molecule has 3 atom stereocenters. The topological polar surface area (TPSA) is 59.4 Å². The van der Waals surface area contributed by atoms with E-state index in [0.717, 1.165) is 51.7 Å². The van der Waals surface area contributed by atoms with Gasteiger partial charge in [0.1, 0.15) is 5.82 Å². The van der Waals surface area contributed by atoms with Gasteiger partial charge in [-0.3, -0.25) is 0 Å². The number of hydrogen-bond acceptors (Lipinski definition) is 3. The second-order valence-electron chi connectivity index (χ2n) is 10.3. The van der Waals surface area contributed by atoms with Crippen molar-refractivity contribution >= 4 is 23.3 Å². The van der Waals surface area contributed by atoms with Gasteiger partial charge >= 0.3 is 6.03 Å². The molecule has 1 aliphatic heterocycles. The predicted octanol–water partition coefficient (Wildman–Crippen LogP) is 6.18. The molecule has 2 saturated carbocycles. The van der Waals surface area contributed by atoms with Crippen LogP contribution < -0.4 is 5.32 Å². The molecular formula is C28H32ClFN4O. The van der Waals surface area contributed by atoms with Gasteiger partial charge in [0.15, 0.2) is 0 Å². The van der Waals surface area contributed by atoms with Gasteiger partial charge in [0, 0.05) is 18.3 Å². The molecule has 1 unspecified atom stereocenters. The molecule has 2 aromatic carbocycles. The summed E-state index contributed by atoms with van der Waals surface area (Å²) < 4.78 is 13.6. The van der Waals surface area contributed by atoms with Crippen molar-refractivity contribution in [2.24, 2.45) is 5.92 Å². The summed E-state index contributed by atoms with van der Waals surface area (Å²) >= 11 is 5.94. The molecule has 0 bridgehead atoms. The van der Waals surface area contributed by atoms with Crippen molar-refractivity contribution in [1.29, 1.82) is 5.26 Å². The van der Waals surface area contributed by atoms with Crippen LogP contribution in [0.5, 0.6) is 0 Å². The summed E-state index contributed by atoms with van der Waals surface area (Å²) in [5.41, 5.74) is 2.65. The SMILES string of the molecule is N#Cc1cccc([C@]23CC[C@@H](N(CCCN4CCCC4)C(=O)Nc4ccc(F)c(Cl)c4)CC2C3)c1. The molecule has 184 valence electrons. The Balaban J connectivity index is 1.27. The number of halogens is 2. The number of nitrogens with zero attached hydrogens (tertiary/aromatic N) is 3. The molecule has 3 fully saturated rings. The lowest BCUT2D eigenvalue weighted by Crippen LogP contribution is -2.46. The highest BCUT2D eigenvalue weighted by molar-refractivity contribution is 6.31. The Morgan fingerprint density at radius 1 is 1.26 bits per heavy atom. The third-order valence-corrected chi connectivity index (χ3v) is 8.51. The van der Waals surface area contributed by atoms with E-state index in [1.165, 1.54) is 30.5 Å². The number of nitrogens with one attached hydrogen (secondary N) is 1. The van der Waals surface area contributed by atoms with Gasteiger partial charge in [-0.2, -0.15) is 5.26 Å². The highest BCUT2D eigenvalue weighted by Gasteiger charge is 2.58. The Bertz CT molecular complexity index is 1130. The van der Waals surface area contributed by atoms with Crippen LogP contribution in [0.1, 0.15) is 56.1 Å². The fraction of sp³-hybridized carbons (Fsp3) is 0.500. The van der Waals surface area contributed by atoms with E-state index >= 15 is 0 Å². The van der Waals surface area contributed by atoms with Gasteiger partial charge in [-0.1, -0.05) is 23.7 Å². The Kier molecular flexibility index (Phi) is 7.00. The molecule has 1 heterocycles.